The zero-order valence-corrected chi connectivity index (χ0v) is 20.5. The van der Waals surface area contributed by atoms with Gasteiger partial charge in [0.05, 0.1) is 17.8 Å². The summed E-state index contributed by atoms with van der Waals surface area (Å²) < 4.78 is 1.78. The van der Waals surface area contributed by atoms with Crippen LogP contribution in [0.2, 0.25) is 0 Å². The van der Waals surface area contributed by atoms with Crippen LogP contribution in [0, 0.1) is 0 Å². The van der Waals surface area contributed by atoms with Gasteiger partial charge in [0.25, 0.3) is 5.91 Å². The number of nitrogens with one attached hydrogen (secondary N) is 1. The number of hydrogen-bond acceptors (Lipinski definition) is 6. The van der Waals surface area contributed by atoms with Crippen LogP contribution in [0.15, 0.2) is 72.9 Å². The predicted octanol–water partition coefficient (Wildman–Crippen LogP) is 3.96. The average molecular weight is 508 g/mol. The normalized spacial score (nSPS) is 14.2. The lowest BCUT2D eigenvalue weighted by molar-refractivity contribution is 0.0907. The van der Waals surface area contributed by atoms with E-state index in [9.17, 15) is 9.59 Å². The average Bonchev–Trinajstić information content (AvgIpc) is 3.35. The Bertz CT molecular complexity index is 1630. The minimum Gasteiger partial charge on any atom is -0.465 e. The molecule has 0 bridgehead atoms. The van der Waals surface area contributed by atoms with Crippen LogP contribution in [0.1, 0.15) is 28.8 Å². The molecule has 2 aromatic carbocycles. The van der Waals surface area contributed by atoms with E-state index in [-0.39, 0.29) is 11.9 Å². The van der Waals surface area contributed by atoms with Crippen LogP contribution in [-0.4, -0.2) is 66.1 Å². The molecule has 190 valence electrons. The SMILES string of the molecule is O=C(NC1CCN(C(=O)O)CC1)c1ccc(-c2ccc3nnn(Cc4cccc5cccnc45)c3n2)cc1. The maximum atomic E-state index is 12.7. The van der Waals surface area contributed by atoms with Crippen molar-refractivity contribution in [1.82, 2.24) is 35.2 Å². The number of rotatable bonds is 5. The molecule has 0 spiro atoms. The number of fused-ring (bicyclic) bond motifs is 2. The summed E-state index contributed by atoms with van der Waals surface area (Å²) in [5.74, 6) is -0.167. The highest BCUT2D eigenvalue weighted by Crippen LogP contribution is 2.23. The quantitative estimate of drug-likeness (QED) is 0.369. The number of hydrogen-bond donors (Lipinski definition) is 2. The Labute approximate surface area is 217 Å². The highest BCUT2D eigenvalue weighted by molar-refractivity contribution is 5.95. The molecule has 0 atom stereocenters. The number of nitrogens with zero attached hydrogens (tertiary/aromatic N) is 6. The summed E-state index contributed by atoms with van der Waals surface area (Å²) in [6.07, 6.45) is 2.09. The molecule has 2 N–H and O–H groups in total. The Kier molecular flexibility index (Phi) is 6.12. The van der Waals surface area contributed by atoms with Crippen LogP contribution >= 0.6 is 0 Å². The van der Waals surface area contributed by atoms with Crippen LogP contribution < -0.4 is 5.32 Å². The number of aromatic nitrogens is 5. The zero-order valence-electron chi connectivity index (χ0n) is 20.5. The Morgan fingerprint density at radius 1 is 0.974 bits per heavy atom. The minimum atomic E-state index is -0.915. The third kappa shape index (κ3) is 4.63. The molecule has 1 fully saturated rings. The van der Waals surface area contributed by atoms with Crippen molar-refractivity contribution in [2.75, 3.05) is 13.1 Å². The monoisotopic (exact) mass is 507 g/mol. The van der Waals surface area contributed by atoms with E-state index in [1.807, 2.05) is 54.6 Å². The summed E-state index contributed by atoms with van der Waals surface area (Å²) >= 11 is 0. The molecule has 6 rings (SSSR count). The summed E-state index contributed by atoms with van der Waals surface area (Å²) in [5, 5.41) is 21.8. The van der Waals surface area contributed by atoms with E-state index in [0.29, 0.717) is 49.2 Å². The predicted molar refractivity (Wildman–Crippen MR) is 142 cm³/mol. The zero-order chi connectivity index (χ0) is 26.1. The van der Waals surface area contributed by atoms with Gasteiger partial charge in [-0.05, 0) is 48.7 Å². The van der Waals surface area contributed by atoms with Crippen molar-refractivity contribution in [2.45, 2.75) is 25.4 Å². The van der Waals surface area contributed by atoms with Crippen molar-refractivity contribution >= 4 is 34.1 Å². The van der Waals surface area contributed by atoms with Crippen molar-refractivity contribution < 1.29 is 14.7 Å². The molecule has 0 radical (unpaired) electrons. The van der Waals surface area contributed by atoms with Gasteiger partial charge in [0.2, 0.25) is 0 Å². The van der Waals surface area contributed by atoms with Gasteiger partial charge in [-0.15, -0.1) is 5.10 Å². The van der Waals surface area contributed by atoms with Crippen LogP contribution in [0.3, 0.4) is 0 Å². The van der Waals surface area contributed by atoms with Gasteiger partial charge < -0.3 is 15.3 Å². The molecule has 2 amide bonds. The lowest BCUT2D eigenvalue weighted by Crippen LogP contribution is -2.46. The van der Waals surface area contributed by atoms with Gasteiger partial charge in [-0.25, -0.2) is 14.5 Å². The van der Waals surface area contributed by atoms with E-state index in [4.69, 9.17) is 10.1 Å². The molecule has 10 nitrogen and oxygen atoms in total. The Balaban J connectivity index is 1.19. The summed E-state index contributed by atoms with van der Waals surface area (Å²) in [5.41, 5.74) is 5.51. The van der Waals surface area contributed by atoms with E-state index < -0.39 is 6.09 Å². The maximum absolute atomic E-state index is 12.7. The Hall–Kier alpha value is -4.86. The second-order valence-electron chi connectivity index (χ2n) is 9.37. The molecular weight excluding hydrogens is 482 g/mol. The number of carbonyl (C=O) groups excluding carboxylic acids is 1. The second kappa shape index (κ2) is 9.89. The fraction of sp³-hybridized carbons (Fsp3) is 0.214. The van der Waals surface area contributed by atoms with Gasteiger partial charge in [-0.1, -0.05) is 41.6 Å². The fourth-order valence-corrected chi connectivity index (χ4v) is 4.85. The first-order valence-electron chi connectivity index (χ1n) is 12.5. The number of carboxylic acid groups (broad SMARTS) is 1. The number of carbonyl (C=O) groups is 2. The van der Waals surface area contributed by atoms with Crippen molar-refractivity contribution in [2.24, 2.45) is 0 Å². The molecular formula is C28H25N7O3. The first-order chi connectivity index (χ1) is 18.5. The van der Waals surface area contributed by atoms with Gasteiger partial charge in [0, 0.05) is 41.8 Å². The van der Waals surface area contributed by atoms with Crippen molar-refractivity contribution in [3.05, 3.63) is 84.1 Å². The summed E-state index contributed by atoms with van der Waals surface area (Å²) in [7, 11) is 0. The van der Waals surface area contributed by atoms with E-state index in [2.05, 4.69) is 20.6 Å². The first kappa shape index (κ1) is 23.5. The molecule has 0 saturated carbocycles. The molecule has 1 aliphatic rings. The van der Waals surface area contributed by atoms with Gasteiger partial charge in [0.1, 0.15) is 5.52 Å². The third-order valence-corrected chi connectivity index (χ3v) is 6.94. The minimum absolute atomic E-state index is 0.0356. The smallest absolute Gasteiger partial charge is 0.407 e. The lowest BCUT2D eigenvalue weighted by atomic mass is 10.0. The third-order valence-electron chi connectivity index (χ3n) is 6.94. The molecule has 10 heteroatoms. The van der Waals surface area contributed by atoms with Gasteiger partial charge in [0.15, 0.2) is 5.65 Å². The summed E-state index contributed by atoms with van der Waals surface area (Å²) in [6, 6.07) is 21.1. The van der Waals surface area contributed by atoms with Gasteiger partial charge >= 0.3 is 6.09 Å². The van der Waals surface area contributed by atoms with E-state index in [0.717, 1.165) is 27.7 Å². The first-order valence-corrected chi connectivity index (χ1v) is 12.5. The highest BCUT2D eigenvalue weighted by atomic mass is 16.4. The molecule has 38 heavy (non-hydrogen) atoms. The molecule has 3 aromatic heterocycles. The van der Waals surface area contributed by atoms with Gasteiger partial charge in [-0.3, -0.25) is 9.78 Å². The Morgan fingerprint density at radius 3 is 2.55 bits per heavy atom. The second-order valence-corrected chi connectivity index (χ2v) is 9.37. The topological polar surface area (TPSA) is 126 Å². The molecule has 4 heterocycles. The number of amides is 2. The fourth-order valence-electron chi connectivity index (χ4n) is 4.85. The number of piperidine rings is 1. The molecule has 1 aliphatic heterocycles. The Morgan fingerprint density at radius 2 is 1.76 bits per heavy atom. The van der Waals surface area contributed by atoms with Crippen LogP contribution in [0.4, 0.5) is 4.79 Å². The highest BCUT2D eigenvalue weighted by Gasteiger charge is 2.23. The number of pyridine rings is 2. The van der Waals surface area contributed by atoms with Crippen molar-refractivity contribution in [3.8, 4) is 11.3 Å². The standard InChI is InChI=1S/C28H25N7O3/c36-27(30-22-12-15-34(16-13-22)28(37)38)20-8-6-18(7-9-20)23-10-11-24-26(31-23)35(33-32-24)17-21-4-1-3-19-5-2-14-29-25(19)21/h1-11,14,22H,12-13,15-17H2,(H,30,36)(H,37,38). The largest absolute Gasteiger partial charge is 0.465 e. The van der Waals surface area contributed by atoms with E-state index in [1.165, 1.54) is 4.90 Å². The summed E-state index contributed by atoms with van der Waals surface area (Å²) in [6.45, 7) is 1.34. The summed E-state index contributed by atoms with van der Waals surface area (Å²) in [4.78, 5) is 34.6. The van der Waals surface area contributed by atoms with Crippen LogP contribution in [0.5, 0.6) is 0 Å². The number of likely N-dealkylation sites (tertiary alicyclic amines) is 1. The molecule has 0 aliphatic carbocycles. The molecule has 0 unspecified atom stereocenters. The number of para-hydroxylation sites is 1. The van der Waals surface area contributed by atoms with Crippen LogP contribution in [-0.2, 0) is 6.54 Å². The molecule has 5 aromatic rings. The van der Waals surface area contributed by atoms with Crippen LogP contribution in [0.25, 0.3) is 33.3 Å². The van der Waals surface area contributed by atoms with Crippen molar-refractivity contribution in [1.29, 1.82) is 0 Å². The number of benzene rings is 2. The van der Waals surface area contributed by atoms with Gasteiger partial charge in [-0.2, -0.15) is 0 Å². The van der Waals surface area contributed by atoms with Crippen molar-refractivity contribution in [3.63, 3.8) is 0 Å². The maximum Gasteiger partial charge on any atom is 0.407 e. The van der Waals surface area contributed by atoms with E-state index in [1.54, 1.807) is 23.0 Å². The molecule has 1 saturated heterocycles. The lowest BCUT2D eigenvalue weighted by Gasteiger charge is -2.30. The van der Waals surface area contributed by atoms with E-state index >= 15 is 0 Å².